The minimum absolute atomic E-state index is 0.147. The standard InChI is InChI=1S/C38H59N3O10.C37H56N2O10/c1-4-5-6-9-12-15-30(41-51-25-23-39)16-13-10-7-8-11-14-17-32(38(49,37(47)48)27-34(42)43)35(44)40-33(36(45)46)26-29-18-20-31(21-19-29)50-24-22-28(2)3;1-5-6-7-10-13-16-29(39-48-4)17-14-11-8-9-12-15-18-31(37(47,36(45)46)26-33(40)41)34(42)38-32(35(43)44)25-28-19-21-30(22-20-28)49-24-23-27(2)3/h14,17-22,32-33,49H,4-13,15-16,23-27,39H2,1-3H3,(H,40,44)(H,42,43)(H,45,46)(H,47,48);15,18-23,31-32,47H,5-14,16-17,24-26H2,1-4H3,(H,38,42)(H,40,41)(H,43,44)(H,45,46)/b17-14+,41-30-;18-15+,39-29-/t32-,33+,38+;31-,32+,37+/m11/s1. The van der Waals surface area contributed by atoms with Gasteiger partial charge in [-0.15, -0.1) is 0 Å². The van der Waals surface area contributed by atoms with Gasteiger partial charge in [-0.3, -0.25) is 19.2 Å². The van der Waals surface area contributed by atoms with E-state index in [2.05, 4.69) is 34.8 Å². The maximum absolute atomic E-state index is 13.4. The molecule has 0 radical (unpaired) electrons. The van der Waals surface area contributed by atoms with Crippen LogP contribution in [0.15, 0.2) is 106 Å². The largest absolute Gasteiger partial charge is 0.490 e. The van der Waals surface area contributed by atoms with E-state index >= 15 is 0 Å². The second-order valence-electron chi connectivity index (χ2n) is 25.4. The molecular weight excluding hydrogens is 1290 g/mol. The normalized spacial score (nSPS) is 14.0. The number of hydrogen-bond acceptors (Lipinski definition) is 17. The summed E-state index contributed by atoms with van der Waals surface area (Å²) in [5, 5.41) is 93.0. The van der Waals surface area contributed by atoms with E-state index in [4.69, 9.17) is 24.9 Å². The number of aliphatic carboxylic acids is 6. The van der Waals surface area contributed by atoms with Crippen LogP contribution in [-0.4, -0.2) is 157 Å². The van der Waals surface area contributed by atoms with E-state index in [1.807, 2.05) is 39.8 Å². The van der Waals surface area contributed by atoms with E-state index in [0.29, 0.717) is 74.7 Å². The van der Waals surface area contributed by atoms with Gasteiger partial charge < -0.3 is 76.4 Å². The number of carbonyl (C=O) groups is 8. The summed E-state index contributed by atoms with van der Waals surface area (Å²) in [6.45, 7) is 13.6. The van der Waals surface area contributed by atoms with Crippen molar-refractivity contribution in [3.63, 3.8) is 0 Å². The van der Waals surface area contributed by atoms with E-state index in [1.165, 1.54) is 57.1 Å². The molecule has 0 unspecified atom stereocenters. The Labute approximate surface area is 590 Å². The van der Waals surface area contributed by atoms with Gasteiger partial charge in [0.1, 0.15) is 50.5 Å². The Balaban J connectivity index is 0.00000100. The Morgan fingerprint density at radius 1 is 0.500 bits per heavy atom. The first kappa shape index (κ1) is 89.6. The summed E-state index contributed by atoms with van der Waals surface area (Å²) < 4.78 is 11.2. The number of unbranched alkanes of at least 4 members (excludes halogenated alkanes) is 16. The molecule has 25 nitrogen and oxygen atoms in total. The third-order valence-corrected chi connectivity index (χ3v) is 16.2. The van der Waals surface area contributed by atoms with E-state index in [9.17, 15) is 79.2 Å². The molecule has 0 spiro atoms. The Hall–Kier alpha value is -8.42. The van der Waals surface area contributed by atoms with Crippen LogP contribution in [0.5, 0.6) is 11.5 Å². The van der Waals surface area contributed by atoms with Crippen molar-refractivity contribution < 1.29 is 98.4 Å². The first-order valence-electron chi connectivity index (χ1n) is 35.1. The highest BCUT2D eigenvalue weighted by molar-refractivity contribution is 5.96. The molecule has 2 aromatic rings. The number of amides is 2. The molecule has 0 aliphatic heterocycles. The van der Waals surface area contributed by atoms with Gasteiger partial charge in [-0.1, -0.05) is 161 Å². The number of hydrogen-bond donors (Lipinski definition) is 11. The van der Waals surface area contributed by atoms with Crippen LogP contribution in [0.1, 0.15) is 220 Å². The number of carboxylic acids is 6. The molecule has 2 amide bonds. The lowest BCUT2D eigenvalue weighted by molar-refractivity contribution is -0.172. The van der Waals surface area contributed by atoms with Crippen LogP contribution in [-0.2, 0) is 60.9 Å². The zero-order valence-corrected chi connectivity index (χ0v) is 60.0. The highest BCUT2D eigenvalue weighted by atomic mass is 16.6. The van der Waals surface area contributed by atoms with Crippen LogP contribution in [0.4, 0.5) is 0 Å². The van der Waals surface area contributed by atoms with Crippen molar-refractivity contribution in [2.45, 2.75) is 245 Å². The first-order valence-corrected chi connectivity index (χ1v) is 35.1. The maximum Gasteiger partial charge on any atom is 0.337 e. The minimum atomic E-state index is -3.02. The SMILES string of the molecule is CCCCCCC/C(CCCCCC/C=C/[C@H](C(=O)N[C@@H](Cc1ccc(OCC=C(C)C)cc1)C(=O)O)[C@@](O)(CC(=O)O)C(=O)O)=N/OC.CCCCCCC/C(CCCCCC/C=C/[C@H](C(=O)N[C@@H](Cc1ccc(OCC=C(C)C)cc1)C(=O)O)[C@@](O)(CC(=O)O)C(=O)O)=N/OCCN. The molecule has 2 rings (SSSR count). The van der Waals surface area contributed by atoms with Gasteiger partial charge in [0.25, 0.3) is 0 Å². The molecule has 2 aromatic carbocycles. The number of allylic oxidation sites excluding steroid dienone is 4. The molecule has 0 fully saturated rings. The summed E-state index contributed by atoms with van der Waals surface area (Å²) in [6, 6.07) is 10.3. The molecule has 0 saturated carbocycles. The van der Waals surface area contributed by atoms with Gasteiger partial charge in [0, 0.05) is 19.4 Å². The molecule has 0 saturated heterocycles. The summed E-state index contributed by atoms with van der Waals surface area (Å²) in [4.78, 5) is 109. The van der Waals surface area contributed by atoms with Crippen molar-refractivity contribution >= 4 is 59.1 Å². The van der Waals surface area contributed by atoms with Gasteiger partial charge in [0.15, 0.2) is 11.2 Å². The second-order valence-corrected chi connectivity index (χ2v) is 25.4. The Morgan fingerprint density at radius 3 is 1.14 bits per heavy atom. The quantitative estimate of drug-likeness (QED) is 0.0127. The van der Waals surface area contributed by atoms with E-state index in [0.717, 1.165) is 118 Å². The smallest absolute Gasteiger partial charge is 0.337 e. The van der Waals surface area contributed by atoms with Crippen LogP contribution < -0.4 is 25.8 Å². The predicted molar refractivity (Wildman–Crippen MR) is 383 cm³/mol. The number of rotatable bonds is 56. The molecule has 0 aromatic heterocycles. The van der Waals surface area contributed by atoms with Gasteiger partial charge in [-0.05, 0) is 152 Å². The fourth-order valence-corrected chi connectivity index (χ4v) is 10.4. The molecule has 0 heterocycles. The van der Waals surface area contributed by atoms with Crippen molar-refractivity contribution in [1.82, 2.24) is 10.6 Å². The number of nitrogens with two attached hydrogens (primary N) is 1. The Kier molecular flexibility index (Phi) is 47.1. The summed E-state index contributed by atoms with van der Waals surface area (Å²) in [5.74, 6) is -14.7. The van der Waals surface area contributed by atoms with E-state index < -0.39 is 95.6 Å². The minimum Gasteiger partial charge on any atom is -0.490 e. The van der Waals surface area contributed by atoms with Crippen LogP contribution in [0.25, 0.3) is 0 Å². The lowest BCUT2D eigenvalue weighted by Crippen LogP contribution is -2.55. The number of nitrogens with zero attached hydrogens (tertiary/aromatic N) is 2. The van der Waals surface area contributed by atoms with Gasteiger partial charge in [0.05, 0.1) is 36.1 Å². The number of aliphatic hydroxyl groups is 2. The molecule has 0 bridgehead atoms. The number of carbonyl (C=O) groups excluding carboxylic acids is 2. The first-order chi connectivity index (χ1) is 47.7. The summed E-state index contributed by atoms with van der Waals surface area (Å²) in [5.41, 5.74) is 4.84. The second kappa shape index (κ2) is 52.6. The lowest BCUT2D eigenvalue weighted by Gasteiger charge is -2.29. The molecule has 12 N–H and O–H groups in total. The van der Waals surface area contributed by atoms with Gasteiger partial charge in [-0.25, -0.2) is 19.2 Å². The van der Waals surface area contributed by atoms with Crippen molar-refractivity contribution in [3.05, 3.63) is 107 Å². The summed E-state index contributed by atoms with van der Waals surface area (Å²) in [7, 11) is 1.54. The van der Waals surface area contributed by atoms with Crippen LogP contribution in [0.3, 0.4) is 0 Å². The molecular formula is C75H115N5O20. The predicted octanol–water partition coefficient (Wildman–Crippen LogP) is 11.9. The monoisotopic (exact) mass is 1410 g/mol. The van der Waals surface area contributed by atoms with Crippen molar-refractivity contribution in [2.24, 2.45) is 27.9 Å². The zero-order chi connectivity index (χ0) is 74.7. The van der Waals surface area contributed by atoms with Crippen LogP contribution in [0.2, 0.25) is 0 Å². The molecule has 100 heavy (non-hydrogen) atoms. The lowest BCUT2D eigenvalue weighted by atomic mass is 9.82. The third kappa shape index (κ3) is 39.4. The van der Waals surface area contributed by atoms with Gasteiger partial charge >= 0.3 is 35.8 Å². The number of carboxylic acid groups (broad SMARTS) is 6. The van der Waals surface area contributed by atoms with Crippen molar-refractivity contribution in [3.8, 4) is 11.5 Å². The molecule has 0 aliphatic carbocycles. The molecule has 0 aliphatic rings. The average molecular weight is 1410 g/mol. The van der Waals surface area contributed by atoms with Gasteiger partial charge in [0.2, 0.25) is 11.8 Å². The topological polar surface area (TPSA) is 410 Å². The maximum atomic E-state index is 13.4. The number of nitrogens with one attached hydrogen (secondary N) is 2. The fraction of sp³-hybridized carbons (Fsp3) is 0.600. The molecule has 560 valence electrons. The highest BCUT2D eigenvalue weighted by Gasteiger charge is 2.50. The summed E-state index contributed by atoms with van der Waals surface area (Å²) in [6.07, 6.45) is 29.0. The number of oxime groups is 2. The molecule has 6 atom stereocenters. The van der Waals surface area contributed by atoms with E-state index in [-0.39, 0.29) is 12.8 Å². The average Bonchev–Trinajstić information content (AvgIpc) is 0.809. The molecule has 25 heteroatoms. The zero-order valence-electron chi connectivity index (χ0n) is 60.0. The highest BCUT2D eigenvalue weighted by Crippen LogP contribution is 2.28. The Bertz CT molecular complexity index is 2940. The Morgan fingerprint density at radius 2 is 0.840 bits per heavy atom. The fourth-order valence-electron chi connectivity index (χ4n) is 10.4. The van der Waals surface area contributed by atoms with Crippen molar-refractivity contribution in [1.29, 1.82) is 0 Å². The third-order valence-electron chi connectivity index (χ3n) is 16.2. The van der Waals surface area contributed by atoms with E-state index in [1.54, 1.807) is 55.6 Å². The number of benzene rings is 2. The van der Waals surface area contributed by atoms with Gasteiger partial charge in [-0.2, -0.15) is 0 Å². The van der Waals surface area contributed by atoms with Crippen molar-refractivity contribution in [2.75, 3.05) is 33.5 Å². The van der Waals surface area contributed by atoms with Crippen LogP contribution in [0, 0.1) is 11.8 Å². The van der Waals surface area contributed by atoms with Crippen LogP contribution >= 0.6 is 0 Å². The number of ether oxygens (including phenoxy) is 2. The summed E-state index contributed by atoms with van der Waals surface area (Å²) >= 11 is 0.